The molecule has 2 unspecified atom stereocenters. The smallest absolute Gasteiger partial charge is 0.251 e. The van der Waals surface area contributed by atoms with Gasteiger partial charge in [-0.05, 0) is 31.1 Å². The molecule has 16 heavy (non-hydrogen) atoms. The molecule has 2 fully saturated rings. The van der Waals surface area contributed by atoms with Crippen LogP contribution in [0.4, 0.5) is 0 Å². The molecule has 1 saturated heterocycles. The van der Waals surface area contributed by atoms with Crippen LogP contribution in [0.15, 0.2) is 0 Å². The fourth-order valence-electron chi connectivity index (χ4n) is 2.51. The highest BCUT2D eigenvalue weighted by atomic mass is 79.9. The van der Waals surface area contributed by atoms with Crippen LogP contribution in [0.1, 0.15) is 26.2 Å². The number of nitrogens with zero attached hydrogens (tertiary/aromatic N) is 1. The molecule has 92 valence electrons. The van der Waals surface area contributed by atoms with Crippen LogP contribution in [0.25, 0.3) is 0 Å². The molecule has 2 aliphatic rings. The summed E-state index contributed by atoms with van der Waals surface area (Å²) in [4.78, 5) is 14.6. The number of carbonyl (C=O) groups is 1. The van der Waals surface area contributed by atoms with Gasteiger partial charge in [-0.15, -0.1) is 0 Å². The number of ether oxygens (including phenoxy) is 1. The fourth-order valence-corrected chi connectivity index (χ4v) is 3.57. The van der Waals surface area contributed by atoms with E-state index >= 15 is 0 Å². The van der Waals surface area contributed by atoms with Gasteiger partial charge in [0, 0.05) is 25.0 Å². The lowest BCUT2D eigenvalue weighted by Gasteiger charge is -2.35. The second-order valence-electron chi connectivity index (χ2n) is 5.21. The van der Waals surface area contributed by atoms with E-state index < -0.39 is 0 Å². The van der Waals surface area contributed by atoms with Crippen molar-refractivity contribution in [3.63, 3.8) is 0 Å². The van der Waals surface area contributed by atoms with Crippen molar-refractivity contribution in [2.75, 3.05) is 20.2 Å². The number of hydrogen-bond acceptors (Lipinski definition) is 2. The van der Waals surface area contributed by atoms with Gasteiger partial charge >= 0.3 is 0 Å². The Hall–Kier alpha value is -0.0900. The maximum atomic E-state index is 12.1. The van der Waals surface area contributed by atoms with Crippen LogP contribution in [0.3, 0.4) is 0 Å². The van der Waals surface area contributed by atoms with Crippen molar-refractivity contribution in [1.82, 2.24) is 4.90 Å². The number of alkyl halides is 1. The maximum Gasteiger partial charge on any atom is 0.251 e. The molecule has 4 heteroatoms. The summed E-state index contributed by atoms with van der Waals surface area (Å²) in [6.45, 7) is 3.72. The van der Waals surface area contributed by atoms with Gasteiger partial charge < -0.3 is 9.64 Å². The van der Waals surface area contributed by atoms with Crippen LogP contribution in [-0.2, 0) is 9.53 Å². The molecule has 1 heterocycles. The minimum Gasteiger partial charge on any atom is -0.368 e. The van der Waals surface area contributed by atoms with Crippen molar-refractivity contribution in [1.29, 1.82) is 0 Å². The summed E-state index contributed by atoms with van der Waals surface area (Å²) >= 11 is 3.58. The molecule has 2 rings (SSSR count). The maximum absolute atomic E-state index is 12.1. The Labute approximate surface area is 106 Å². The largest absolute Gasteiger partial charge is 0.368 e. The predicted octanol–water partition coefficient (Wildman–Crippen LogP) is 2.04. The molecule has 1 aliphatic carbocycles. The highest BCUT2D eigenvalue weighted by Gasteiger charge is 2.35. The van der Waals surface area contributed by atoms with Crippen LogP contribution in [-0.4, -0.2) is 41.9 Å². The quantitative estimate of drug-likeness (QED) is 0.744. The summed E-state index contributed by atoms with van der Waals surface area (Å²) in [6, 6.07) is 0. The molecule has 3 nitrogen and oxygen atoms in total. The monoisotopic (exact) mass is 289 g/mol. The van der Waals surface area contributed by atoms with E-state index in [1.165, 1.54) is 12.8 Å². The van der Waals surface area contributed by atoms with Crippen molar-refractivity contribution in [2.24, 2.45) is 11.8 Å². The van der Waals surface area contributed by atoms with Gasteiger partial charge in [0.25, 0.3) is 5.91 Å². The summed E-state index contributed by atoms with van der Waals surface area (Å²) in [7, 11) is 1.90. The molecule has 1 saturated carbocycles. The van der Waals surface area contributed by atoms with E-state index in [9.17, 15) is 4.79 Å². The van der Waals surface area contributed by atoms with Gasteiger partial charge in [-0.1, -0.05) is 22.9 Å². The average Bonchev–Trinajstić information content (AvgIpc) is 2.61. The number of likely N-dealkylation sites (N-methyl/N-ethyl adjacent to an activating group) is 1. The predicted molar refractivity (Wildman–Crippen MR) is 66.6 cm³/mol. The Kier molecular flexibility index (Phi) is 3.90. The summed E-state index contributed by atoms with van der Waals surface area (Å²) < 4.78 is 5.50. The summed E-state index contributed by atoms with van der Waals surface area (Å²) in [6.07, 6.45) is 3.21. The lowest BCUT2D eigenvalue weighted by atomic mass is 9.85. The third-order valence-corrected chi connectivity index (χ3v) is 4.46. The number of amides is 1. The van der Waals surface area contributed by atoms with Crippen LogP contribution in [0.5, 0.6) is 0 Å². The van der Waals surface area contributed by atoms with E-state index in [1.54, 1.807) is 0 Å². The second-order valence-corrected chi connectivity index (χ2v) is 6.51. The van der Waals surface area contributed by atoms with Gasteiger partial charge in [0.2, 0.25) is 0 Å². The molecular formula is C12H20BrNO2. The van der Waals surface area contributed by atoms with E-state index in [4.69, 9.17) is 4.74 Å². The SMILES string of the molecule is CC1CCOC1C(=O)N(C)CC1CC(Br)C1. The molecule has 2 atom stereocenters. The summed E-state index contributed by atoms with van der Waals surface area (Å²) in [5, 5.41) is 0. The first-order valence-corrected chi connectivity index (χ1v) is 7.00. The first kappa shape index (κ1) is 12.4. The minimum atomic E-state index is -0.190. The standard InChI is InChI=1S/C12H20BrNO2/c1-8-3-4-16-11(8)12(15)14(2)7-9-5-10(13)6-9/h8-11H,3-7H2,1-2H3. The van der Waals surface area contributed by atoms with E-state index in [-0.39, 0.29) is 12.0 Å². The fraction of sp³-hybridized carbons (Fsp3) is 0.917. The average molecular weight is 290 g/mol. The second kappa shape index (κ2) is 5.05. The summed E-state index contributed by atoms with van der Waals surface area (Å²) in [5.41, 5.74) is 0. The van der Waals surface area contributed by atoms with Gasteiger partial charge in [-0.3, -0.25) is 4.79 Å². The van der Waals surface area contributed by atoms with Gasteiger partial charge in [0.05, 0.1) is 0 Å². The molecule has 1 amide bonds. The zero-order valence-corrected chi connectivity index (χ0v) is 11.6. The summed E-state index contributed by atoms with van der Waals surface area (Å²) in [5.74, 6) is 1.22. The molecule has 0 aromatic rings. The molecule has 1 aliphatic heterocycles. The van der Waals surface area contributed by atoms with Crippen LogP contribution in [0, 0.1) is 11.8 Å². The molecule has 0 spiro atoms. The first-order valence-electron chi connectivity index (χ1n) is 6.08. The van der Waals surface area contributed by atoms with Crippen LogP contribution < -0.4 is 0 Å². The highest BCUT2D eigenvalue weighted by Crippen LogP contribution is 2.34. The van der Waals surface area contributed by atoms with Crippen molar-refractivity contribution in [3.8, 4) is 0 Å². The van der Waals surface area contributed by atoms with E-state index in [2.05, 4.69) is 22.9 Å². The molecule has 0 aromatic heterocycles. The first-order chi connectivity index (χ1) is 7.58. The Morgan fingerprint density at radius 2 is 2.19 bits per heavy atom. The van der Waals surface area contributed by atoms with Crippen LogP contribution >= 0.6 is 15.9 Å². The number of rotatable bonds is 3. The zero-order chi connectivity index (χ0) is 11.7. The van der Waals surface area contributed by atoms with E-state index in [0.29, 0.717) is 16.7 Å². The lowest BCUT2D eigenvalue weighted by molar-refractivity contribution is -0.142. The van der Waals surface area contributed by atoms with Crippen molar-refractivity contribution >= 4 is 21.8 Å². The van der Waals surface area contributed by atoms with Crippen molar-refractivity contribution in [3.05, 3.63) is 0 Å². The Morgan fingerprint density at radius 3 is 2.69 bits per heavy atom. The van der Waals surface area contributed by atoms with E-state index in [0.717, 1.165) is 19.6 Å². The van der Waals surface area contributed by atoms with E-state index in [1.807, 2.05) is 11.9 Å². The number of halogens is 1. The minimum absolute atomic E-state index is 0.169. The Bertz CT molecular complexity index is 266. The van der Waals surface area contributed by atoms with Crippen LogP contribution in [0.2, 0.25) is 0 Å². The Morgan fingerprint density at radius 1 is 1.50 bits per heavy atom. The third kappa shape index (κ3) is 2.59. The third-order valence-electron chi connectivity index (χ3n) is 3.72. The van der Waals surface area contributed by atoms with Gasteiger partial charge in [0.15, 0.2) is 0 Å². The highest BCUT2D eigenvalue weighted by molar-refractivity contribution is 9.09. The molecule has 0 bridgehead atoms. The molecule has 0 aromatic carbocycles. The Balaban J connectivity index is 1.80. The lowest BCUT2D eigenvalue weighted by Crippen LogP contribution is -2.43. The molecular weight excluding hydrogens is 270 g/mol. The van der Waals surface area contributed by atoms with Crippen molar-refractivity contribution in [2.45, 2.75) is 37.1 Å². The number of carbonyl (C=O) groups excluding carboxylic acids is 1. The van der Waals surface area contributed by atoms with Crippen molar-refractivity contribution < 1.29 is 9.53 Å². The number of hydrogen-bond donors (Lipinski definition) is 0. The molecule has 0 N–H and O–H groups in total. The topological polar surface area (TPSA) is 29.5 Å². The van der Waals surface area contributed by atoms with Gasteiger partial charge in [-0.25, -0.2) is 0 Å². The van der Waals surface area contributed by atoms with Gasteiger partial charge in [0.1, 0.15) is 6.10 Å². The zero-order valence-electron chi connectivity index (χ0n) is 9.99. The normalized spacial score (nSPS) is 38.2. The van der Waals surface area contributed by atoms with Gasteiger partial charge in [-0.2, -0.15) is 0 Å². The molecule has 0 radical (unpaired) electrons.